The lowest BCUT2D eigenvalue weighted by molar-refractivity contribution is 0.0744. The molecule has 1 atom stereocenters. The third-order valence-corrected chi connectivity index (χ3v) is 5.12. The number of halogens is 1. The molecule has 0 fully saturated rings. The van der Waals surface area contributed by atoms with Gasteiger partial charge in [0.1, 0.15) is 29.8 Å². The fourth-order valence-corrected chi connectivity index (χ4v) is 3.60. The van der Waals surface area contributed by atoms with Gasteiger partial charge in [0.15, 0.2) is 5.65 Å². The van der Waals surface area contributed by atoms with E-state index in [1.807, 2.05) is 55.6 Å². The van der Waals surface area contributed by atoms with Crippen LogP contribution in [0.15, 0.2) is 71.3 Å². The number of aliphatic hydroxyl groups is 1. The summed E-state index contributed by atoms with van der Waals surface area (Å²) in [6, 6.07) is 19.8. The van der Waals surface area contributed by atoms with E-state index in [0.717, 1.165) is 33.6 Å². The minimum absolute atomic E-state index is 0.237. The Morgan fingerprint density at radius 3 is 2.67 bits per heavy atom. The van der Waals surface area contributed by atoms with Crippen molar-refractivity contribution >= 4 is 27.1 Å². The third-order valence-electron chi connectivity index (χ3n) is 4.69. The molecule has 0 aliphatic carbocycles. The Morgan fingerprint density at radius 2 is 1.90 bits per heavy atom. The highest BCUT2D eigenvalue weighted by Crippen LogP contribution is 2.23. The number of nitrogens with one attached hydrogen (secondary N) is 1. The van der Waals surface area contributed by atoms with E-state index in [4.69, 9.17) is 4.74 Å². The Hall–Kier alpha value is -2.74. The van der Waals surface area contributed by atoms with Crippen molar-refractivity contribution in [2.24, 2.45) is 0 Å². The molecule has 2 heterocycles. The predicted molar refractivity (Wildman–Crippen MR) is 121 cm³/mol. The summed E-state index contributed by atoms with van der Waals surface area (Å²) < 4.78 is 6.65. The zero-order valence-corrected chi connectivity index (χ0v) is 18.2. The summed E-state index contributed by atoms with van der Waals surface area (Å²) >= 11 is 3.41. The largest absolute Gasteiger partial charge is 0.491 e. The normalized spacial score (nSPS) is 12.4. The minimum atomic E-state index is -0.571. The van der Waals surface area contributed by atoms with Crippen LogP contribution in [0.5, 0.6) is 5.75 Å². The monoisotopic (exact) mass is 466 g/mol. The van der Waals surface area contributed by atoms with E-state index in [2.05, 4.69) is 47.9 Å². The van der Waals surface area contributed by atoms with Gasteiger partial charge in [-0.15, -0.1) is 0 Å². The van der Waals surface area contributed by atoms with Crippen molar-refractivity contribution in [3.63, 3.8) is 0 Å². The van der Waals surface area contributed by atoms with Gasteiger partial charge >= 0.3 is 0 Å². The van der Waals surface area contributed by atoms with Crippen LogP contribution in [-0.2, 0) is 6.54 Å². The van der Waals surface area contributed by atoms with Gasteiger partial charge in [0.05, 0.1) is 0 Å². The van der Waals surface area contributed by atoms with Crippen molar-refractivity contribution in [2.75, 3.05) is 20.2 Å². The first-order valence-electron chi connectivity index (χ1n) is 9.72. The second-order valence-corrected chi connectivity index (χ2v) is 8.19. The molecular weight excluding hydrogens is 444 g/mol. The van der Waals surface area contributed by atoms with E-state index in [9.17, 15) is 5.11 Å². The summed E-state index contributed by atoms with van der Waals surface area (Å²) in [5.41, 5.74) is 3.72. The molecule has 2 aromatic carbocycles. The van der Waals surface area contributed by atoms with Crippen LogP contribution in [0, 0.1) is 0 Å². The maximum absolute atomic E-state index is 10.3. The molecular formula is C23H23BrN4O2. The highest BCUT2D eigenvalue weighted by molar-refractivity contribution is 9.10. The van der Waals surface area contributed by atoms with Gasteiger partial charge in [-0.1, -0.05) is 30.3 Å². The lowest BCUT2D eigenvalue weighted by Crippen LogP contribution is -2.32. The lowest BCUT2D eigenvalue weighted by atomic mass is 10.2. The number of likely N-dealkylation sites (N-methyl/N-ethyl adjacent to an activating group) is 1. The van der Waals surface area contributed by atoms with Crippen molar-refractivity contribution in [1.82, 2.24) is 19.9 Å². The van der Waals surface area contributed by atoms with E-state index >= 15 is 0 Å². The molecule has 30 heavy (non-hydrogen) atoms. The molecule has 7 heteroatoms. The van der Waals surface area contributed by atoms with Gasteiger partial charge in [-0.2, -0.15) is 0 Å². The molecule has 0 saturated carbocycles. The van der Waals surface area contributed by atoms with Gasteiger partial charge in [-0.25, -0.2) is 9.97 Å². The average Bonchev–Trinajstić information content (AvgIpc) is 3.16. The molecule has 4 rings (SSSR count). The van der Waals surface area contributed by atoms with E-state index in [1.165, 1.54) is 5.56 Å². The molecule has 0 amide bonds. The molecule has 4 aromatic rings. The van der Waals surface area contributed by atoms with Crippen LogP contribution in [0.1, 0.15) is 5.56 Å². The van der Waals surface area contributed by atoms with Crippen LogP contribution >= 0.6 is 15.9 Å². The lowest BCUT2D eigenvalue weighted by Gasteiger charge is -2.21. The summed E-state index contributed by atoms with van der Waals surface area (Å²) in [5.74, 6) is 1.46. The van der Waals surface area contributed by atoms with Crippen molar-refractivity contribution in [2.45, 2.75) is 12.6 Å². The molecule has 1 unspecified atom stereocenters. The highest BCUT2D eigenvalue weighted by atomic mass is 79.9. The summed E-state index contributed by atoms with van der Waals surface area (Å²) in [7, 11) is 1.99. The van der Waals surface area contributed by atoms with E-state index in [-0.39, 0.29) is 6.61 Å². The Morgan fingerprint density at radius 1 is 1.13 bits per heavy atom. The fraction of sp³-hybridized carbons (Fsp3) is 0.217. The van der Waals surface area contributed by atoms with Crippen LogP contribution in [0.2, 0.25) is 0 Å². The quantitative estimate of drug-likeness (QED) is 0.405. The van der Waals surface area contributed by atoms with Gasteiger partial charge in [-0.05, 0) is 58.9 Å². The SMILES string of the molecule is CN(Cc1ccccc1)CC(O)COc1ccc(-c2nc3cc(Br)cnc3[nH]2)cc1. The predicted octanol–water partition coefficient (Wildman–Crippen LogP) is 4.26. The minimum Gasteiger partial charge on any atom is -0.491 e. The van der Waals surface area contributed by atoms with Crippen molar-refractivity contribution in [3.05, 3.63) is 76.9 Å². The van der Waals surface area contributed by atoms with Crippen LogP contribution in [-0.4, -0.2) is 51.3 Å². The third kappa shape index (κ3) is 5.24. The van der Waals surface area contributed by atoms with E-state index in [0.29, 0.717) is 12.3 Å². The smallest absolute Gasteiger partial charge is 0.157 e. The molecule has 2 aromatic heterocycles. The van der Waals surface area contributed by atoms with Gasteiger partial charge < -0.3 is 14.8 Å². The van der Waals surface area contributed by atoms with Crippen LogP contribution in [0.3, 0.4) is 0 Å². The van der Waals surface area contributed by atoms with Crippen LogP contribution in [0.25, 0.3) is 22.6 Å². The van der Waals surface area contributed by atoms with Crippen molar-refractivity contribution in [1.29, 1.82) is 0 Å². The number of fused-ring (bicyclic) bond motifs is 1. The van der Waals surface area contributed by atoms with Gasteiger partial charge in [-0.3, -0.25) is 4.90 Å². The zero-order valence-electron chi connectivity index (χ0n) is 16.6. The van der Waals surface area contributed by atoms with Gasteiger partial charge in [0.2, 0.25) is 0 Å². The number of aromatic nitrogens is 3. The van der Waals surface area contributed by atoms with Crippen LogP contribution in [0.4, 0.5) is 0 Å². The second-order valence-electron chi connectivity index (χ2n) is 7.28. The molecule has 0 radical (unpaired) electrons. The summed E-state index contributed by atoms with van der Waals surface area (Å²) in [6.07, 6.45) is 1.17. The Balaban J connectivity index is 1.30. The number of hydrogen-bond donors (Lipinski definition) is 2. The zero-order chi connectivity index (χ0) is 20.9. The first-order valence-corrected chi connectivity index (χ1v) is 10.5. The molecule has 2 N–H and O–H groups in total. The second kappa shape index (κ2) is 9.38. The number of H-pyrrole nitrogens is 1. The number of imidazole rings is 1. The molecule has 6 nitrogen and oxygen atoms in total. The molecule has 0 aliphatic rings. The highest BCUT2D eigenvalue weighted by Gasteiger charge is 2.11. The number of aliphatic hydroxyl groups excluding tert-OH is 1. The Bertz CT molecular complexity index is 1100. The first kappa shape index (κ1) is 20.5. The van der Waals surface area contributed by atoms with Gasteiger partial charge in [0, 0.05) is 29.3 Å². The number of hydrogen-bond acceptors (Lipinski definition) is 5. The number of rotatable bonds is 8. The fourth-order valence-electron chi connectivity index (χ4n) is 3.28. The van der Waals surface area contributed by atoms with Crippen molar-refractivity contribution in [3.8, 4) is 17.1 Å². The molecule has 0 saturated heterocycles. The van der Waals surface area contributed by atoms with Gasteiger partial charge in [0.25, 0.3) is 0 Å². The van der Waals surface area contributed by atoms with Crippen LogP contribution < -0.4 is 4.74 Å². The number of pyridine rings is 1. The molecule has 0 bridgehead atoms. The summed E-state index contributed by atoms with van der Waals surface area (Å²) in [4.78, 5) is 14.2. The molecule has 0 aliphatic heterocycles. The standard InChI is InChI=1S/C23H23BrN4O2/c1-28(13-16-5-3-2-4-6-16)14-19(29)15-30-20-9-7-17(8-10-20)22-26-21-11-18(24)12-25-23(21)27-22/h2-12,19,29H,13-15H2,1H3,(H,25,26,27). The topological polar surface area (TPSA) is 74.3 Å². The number of ether oxygens (including phenoxy) is 1. The summed E-state index contributed by atoms with van der Waals surface area (Å²) in [6.45, 7) is 1.56. The van der Waals surface area contributed by atoms with E-state index < -0.39 is 6.10 Å². The Labute approximate surface area is 183 Å². The maximum Gasteiger partial charge on any atom is 0.157 e. The first-order chi connectivity index (χ1) is 14.6. The number of benzene rings is 2. The summed E-state index contributed by atoms with van der Waals surface area (Å²) in [5, 5.41) is 10.3. The molecule has 0 spiro atoms. The maximum atomic E-state index is 10.3. The average molecular weight is 467 g/mol. The molecule has 154 valence electrons. The van der Waals surface area contributed by atoms with Crippen molar-refractivity contribution < 1.29 is 9.84 Å². The Kier molecular flexibility index (Phi) is 6.42. The van der Waals surface area contributed by atoms with E-state index in [1.54, 1.807) is 6.20 Å². The number of aromatic amines is 1. The number of nitrogens with zero attached hydrogens (tertiary/aromatic N) is 3.